The van der Waals surface area contributed by atoms with Crippen molar-refractivity contribution in [3.05, 3.63) is 59.7 Å². The zero-order chi connectivity index (χ0) is 17.3. The highest BCUT2D eigenvalue weighted by Crippen LogP contribution is 2.41. The van der Waals surface area contributed by atoms with Gasteiger partial charge in [0.05, 0.1) is 4.90 Å². The molecule has 1 aliphatic carbocycles. The van der Waals surface area contributed by atoms with Crippen LogP contribution >= 0.6 is 0 Å². The first-order valence-corrected chi connectivity index (χ1v) is 9.30. The highest BCUT2D eigenvalue weighted by molar-refractivity contribution is 7.89. The quantitative estimate of drug-likeness (QED) is 0.876. The first-order chi connectivity index (χ1) is 11.4. The number of benzene rings is 2. The Bertz CT molecular complexity index is 863. The fraction of sp³-hybridized carbons (Fsp3) is 0.278. The summed E-state index contributed by atoms with van der Waals surface area (Å²) in [5.74, 6) is -0.00631. The summed E-state index contributed by atoms with van der Waals surface area (Å²) in [5.41, 5.74) is 2.48. The number of carbonyl (C=O) groups is 1. The van der Waals surface area contributed by atoms with Gasteiger partial charge in [0.2, 0.25) is 15.9 Å². The number of aryl methyl sites for hydroxylation is 1. The van der Waals surface area contributed by atoms with Gasteiger partial charge in [0.15, 0.2) is 0 Å². The van der Waals surface area contributed by atoms with E-state index in [1.54, 1.807) is 12.1 Å². The van der Waals surface area contributed by atoms with Gasteiger partial charge in [-0.05, 0) is 36.6 Å². The van der Waals surface area contributed by atoms with Crippen molar-refractivity contribution in [3.63, 3.8) is 0 Å². The first kappa shape index (κ1) is 16.7. The summed E-state index contributed by atoms with van der Waals surface area (Å²) in [6, 6.07) is 14.6. The van der Waals surface area contributed by atoms with Crippen LogP contribution in [0, 0.1) is 6.92 Å². The molecule has 1 fully saturated rings. The summed E-state index contributed by atoms with van der Waals surface area (Å²) < 4.78 is 27.9. The Morgan fingerprint density at radius 2 is 1.83 bits per heavy atom. The summed E-state index contributed by atoms with van der Waals surface area (Å²) in [6.07, 6.45) is 0.799. The van der Waals surface area contributed by atoms with E-state index in [-0.39, 0.29) is 22.8 Å². The van der Waals surface area contributed by atoms with Crippen LogP contribution in [0.25, 0.3) is 0 Å². The van der Waals surface area contributed by atoms with Gasteiger partial charge in [0.1, 0.15) is 0 Å². The number of hydrogen-bond acceptors (Lipinski definition) is 3. The molecule has 5 nitrogen and oxygen atoms in total. The molecule has 0 aromatic heterocycles. The monoisotopic (exact) mass is 344 g/mol. The number of rotatable bonds is 5. The Morgan fingerprint density at radius 1 is 1.12 bits per heavy atom. The molecule has 2 aromatic carbocycles. The molecule has 24 heavy (non-hydrogen) atoms. The van der Waals surface area contributed by atoms with Crippen molar-refractivity contribution in [1.82, 2.24) is 4.72 Å². The molecule has 0 saturated heterocycles. The molecule has 0 spiro atoms. The minimum Gasteiger partial charge on any atom is -0.326 e. The smallest absolute Gasteiger partial charge is 0.240 e. The number of sulfonamides is 1. The van der Waals surface area contributed by atoms with Crippen LogP contribution in [0.3, 0.4) is 0 Å². The lowest BCUT2D eigenvalue weighted by atomic mass is 10.1. The molecule has 0 radical (unpaired) electrons. The summed E-state index contributed by atoms with van der Waals surface area (Å²) in [6.45, 7) is 3.22. The predicted molar refractivity (Wildman–Crippen MR) is 93.4 cm³/mol. The Morgan fingerprint density at radius 3 is 2.50 bits per heavy atom. The second-order valence-corrected chi connectivity index (χ2v) is 7.85. The van der Waals surface area contributed by atoms with E-state index in [9.17, 15) is 13.2 Å². The van der Waals surface area contributed by atoms with Crippen LogP contribution < -0.4 is 10.0 Å². The molecule has 1 amide bonds. The molecule has 1 aliphatic rings. The summed E-state index contributed by atoms with van der Waals surface area (Å²) in [5, 5.41) is 2.66. The van der Waals surface area contributed by atoms with E-state index in [0.717, 1.165) is 17.5 Å². The minimum atomic E-state index is -3.61. The third kappa shape index (κ3) is 3.66. The van der Waals surface area contributed by atoms with E-state index in [1.165, 1.54) is 13.0 Å². The SMILES string of the molecule is CC(=O)Nc1cc(S(=O)(=O)N[C@@H]2C[C@@H]2c2ccccc2)ccc1C. The molecule has 2 N–H and O–H groups in total. The predicted octanol–water partition coefficient (Wildman–Crippen LogP) is 2.79. The molecule has 2 aromatic rings. The second-order valence-electron chi connectivity index (χ2n) is 6.14. The molecule has 6 heteroatoms. The summed E-state index contributed by atoms with van der Waals surface area (Å²) in [7, 11) is -3.61. The van der Waals surface area contributed by atoms with E-state index in [1.807, 2.05) is 37.3 Å². The average Bonchev–Trinajstić information content (AvgIpc) is 3.28. The molecule has 126 valence electrons. The number of anilines is 1. The molecule has 0 unspecified atom stereocenters. The van der Waals surface area contributed by atoms with E-state index in [0.29, 0.717) is 5.69 Å². The van der Waals surface area contributed by atoms with Gasteiger partial charge in [0.25, 0.3) is 0 Å². The molecule has 0 bridgehead atoms. The Hall–Kier alpha value is -2.18. The largest absolute Gasteiger partial charge is 0.326 e. The van der Waals surface area contributed by atoms with E-state index in [4.69, 9.17) is 0 Å². The van der Waals surface area contributed by atoms with Crippen LogP contribution in [-0.4, -0.2) is 20.4 Å². The molecular weight excluding hydrogens is 324 g/mol. The van der Waals surface area contributed by atoms with Gasteiger partial charge >= 0.3 is 0 Å². The lowest BCUT2D eigenvalue weighted by Crippen LogP contribution is -2.27. The van der Waals surface area contributed by atoms with Crippen molar-refractivity contribution in [2.24, 2.45) is 0 Å². The van der Waals surface area contributed by atoms with Crippen LogP contribution in [0.2, 0.25) is 0 Å². The number of hydrogen-bond donors (Lipinski definition) is 2. The summed E-state index contributed by atoms with van der Waals surface area (Å²) >= 11 is 0. The van der Waals surface area contributed by atoms with Gasteiger partial charge < -0.3 is 5.32 Å². The highest BCUT2D eigenvalue weighted by Gasteiger charge is 2.41. The number of carbonyl (C=O) groups excluding carboxylic acids is 1. The minimum absolute atomic E-state index is 0.0806. The van der Waals surface area contributed by atoms with Crippen LogP contribution in [0.5, 0.6) is 0 Å². The van der Waals surface area contributed by atoms with Gasteiger partial charge in [-0.2, -0.15) is 0 Å². The molecular formula is C18H20N2O3S. The van der Waals surface area contributed by atoms with Crippen molar-refractivity contribution < 1.29 is 13.2 Å². The van der Waals surface area contributed by atoms with Crippen molar-refractivity contribution in [1.29, 1.82) is 0 Å². The van der Waals surface area contributed by atoms with Crippen LogP contribution in [0.4, 0.5) is 5.69 Å². The first-order valence-electron chi connectivity index (χ1n) is 7.82. The standard InChI is InChI=1S/C18H20N2O3S/c1-12-8-9-15(10-17(12)19-13(2)21)24(22,23)20-18-11-16(18)14-6-4-3-5-7-14/h3-10,16,18,20H,11H2,1-2H3,(H,19,21)/t16-,18-/m1/s1. The fourth-order valence-corrected chi connectivity index (χ4v) is 4.07. The zero-order valence-electron chi connectivity index (χ0n) is 13.6. The maximum absolute atomic E-state index is 12.6. The van der Waals surface area contributed by atoms with Gasteiger partial charge in [0, 0.05) is 24.6 Å². The Kier molecular flexibility index (Phi) is 4.43. The molecule has 0 heterocycles. The van der Waals surface area contributed by atoms with Gasteiger partial charge in [-0.3, -0.25) is 4.79 Å². The molecule has 0 aliphatic heterocycles. The van der Waals surface area contributed by atoms with Gasteiger partial charge in [-0.1, -0.05) is 36.4 Å². The van der Waals surface area contributed by atoms with Crippen molar-refractivity contribution >= 4 is 21.6 Å². The Labute approximate surface area is 142 Å². The van der Waals surface area contributed by atoms with Crippen molar-refractivity contribution in [2.45, 2.75) is 37.1 Å². The fourth-order valence-electron chi connectivity index (χ4n) is 2.75. The number of nitrogens with one attached hydrogen (secondary N) is 2. The third-order valence-electron chi connectivity index (χ3n) is 4.15. The normalized spacial score (nSPS) is 19.8. The van der Waals surface area contributed by atoms with Crippen molar-refractivity contribution in [3.8, 4) is 0 Å². The average molecular weight is 344 g/mol. The molecule has 1 saturated carbocycles. The maximum atomic E-state index is 12.6. The zero-order valence-corrected chi connectivity index (χ0v) is 14.4. The summed E-state index contributed by atoms with van der Waals surface area (Å²) in [4.78, 5) is 11.4. The Balaban J connectivity index is 1.76. The van der Waals surface area contributed by atoms with Crippen LogP contribution in [-0.2, 0) is 14.8 Å². The second kappa shape index (κ2) is 6.37. The van der Waals surface area contributed by atoms with Gasteiger partial charge in [-0.25, -0.2) is 13.1 Å². The number of amides is 1. The van der Waals surface area contributed by atoms with Crippen LogP contribution in [0.15, 0.2) is 53.4 Å². The third-order valence-corrected chi connectivity index (χ3v) is 5.64. The van der Waals surface area contributed by atoms with E-state index in [2.05, 4.69) is 10.0 Å². The van der Waals surface area contributed by atoms with E-state index < -0.39 is 10.0 Å². The van der Waals surface area contributed by atoms with Crippen LogP contribution in [0.1, 0.15) is 30.4 Å². The van der Waals surface area contributed by atoms with Gasteiger partial charge in [-0.15, -0.1) is 0 Å². The topological polar surface area (TPSA) is 75.3 Å². The van der Waals surface area contributed by atoms with E-state index >= 15 is 0 Å². The maximum Gasteiger partial charge on any atom is 0.240 e. The van der Waals surface area contributed by atoms with Crippen molar-refractivity contribution in [2.75, 3.05) is 5.32 Å². The lowest BCUT2D eigenvalue weighted by molar-refractivity contribution is -0.114. The lowest BCUT2D eigenvalue weighted by Gasteiger charge is -2.11. The molecule has 3 rings (SSSR count). The highest BCUT2D eigenvalue weighted by atomic mass is 32.2. The molecule has 2 atom stereocenters.